The van der Waals surface area contributed by atoms with E-state index in [-0.39, 0.29) is 5.34 Å². The van der Waals surface area contributed by atoms with Crippen LogP contribution >= 0.6 is 23.2 Å². The van der Waals surface area contributed by atoms with E-state index in [2.05, 4.69) is 20.8 Å². The number of alkyl halides is 2. The molecule has 2 heteroatoms. The van der Waals surface area contributed by atoms with E-state index >= 15 is 0 Å². The first-order chi connectivity index (χ1) is 3.68. The SMILES string of the molecule is CCC(C)C.ClCCl. The summed E-state index contributed by atoms with van der Waals surface area (Å²) < 4.78 is 0. The Hall–Kier alpha value is 0.580. The van der Waals surface area contributed by atoms with Crippen molar-refractivity contribution in [3.8, 4) is 0 Å². The number of halogens is 2. The Bertz CT molecular complexity index is 27.7. The molecule has 0 amide bonds. The molecule has 0 rings (SSSR count). The Morgan fingerprint density at radius 3 is 1.38 bits per heavy atom. The lowest BCUT2D eigenvalue weighted by molar-refractivity contribution is 0.626. The van der Waals surface area contributed by atoms with Gasteiger partial charge in [0.15, 0.2) is 0 Å². The van der Waals surface area contributed by atoms with Crippen LogP contribution in [0.4, 0.5) is 0 Å². The van der Waals surface area contributed by atoms with Gasteiger partial charge >= 0.3 is 0 Å². The summed E-state index contributed by atoms with van der Waals surface area (Å²) in [6, 6.07) is 0. The van der Waals surface area contributed by atoms with Gasteiger partial charge in [0, 0.05) is 0 Å². The average molecular weight is 157 g/mol. The molecular formula is C6H14Cl2. The smallest absolute Gasteiger partial charge is 0.0967 e. The van der Waals surface area contributed by atoms with Crippen molar-refractivity contribution in [3.63, 3.8) is 0 Å². The molecule has 0 radical (unpaired) electrons. The summed E-state index contributed by atoms with van der Waals surface area (Å²) in [4.78, 5) is 0. The third-order valence-corrected chi connectivity index (χ3v) is 0.816. The molecule has 0 saturated carbocycles. The lowest BCUT2D eigenvalue weighted by atomic mass is 10.2. The van der Waals surface area contributed by atoms with Crippen LogP contribution in [0.2, 0.25) is 0 Å². The minimum absolute atomic E-state index is 0.194. The van der Waals surface area contributed by atoms with Gasteiger partial charge in [-0.1, -0.05) is 27.2 Å². The van der Waals surface area contributed by atoms with Crippen molar-refractivity contribution in [3.05, 3.63) is 0 Å². The van der Waals surface area contributed by atoms with E-state index in [1.54, 1.807) is 0 Å². The van der Waals surface area contributed by atoms with Crippen molar-refractivity contribution in [2.45, 2.75) is 27.2 Å². The second kappa shape index (κ2) is 10.5. The molecule has 52 valence electrons. The molecule has 0 bridgehead atoms. The molecule has 0 saturated heterocycles. The van der Waals surface area contributed by atoms with E-state index in [4.69, 9.17) is 23.2 Å². The van der Waals surface area contributed by atoms with Crippen LogP contribution in [0.25, 0.3) is 0 Å². The standard InChI is InChI=1S/C5H12.CH2Cl2/c1-4-5(2)3;2-1-3/h5H,4H2,1-3H3;1H2. The van der Waals surface area contributed by atoms with Crippen LogP contribution in [0.5, 0.6) is 0 Å². The average Bonchev–Trinajstić information content (AvgIpc) is 1.69. The molecule has 0 aromatic carbocycles. The molecule has 0 N–H and O–H groups in total. The first kappa shape index (κ1) is 11.4. The highest BCUT2D eigenvalue weighted by atomic mass is 35.5. The molecule has 0 atom stereocenters. The lowest BCUT2D eigenvalue weighted by Gasteiger charge is -1.90. The zero-order valence-electron chi connectivity index (χ0n) is 5.75. The molecule has 0 aliphatic carbocycles. The largest absolute Gasteiger partial charge is 0.109 e. The van der Waals surface area contributed by atoms with Gasteiger partial charge in [-0.05, 0) is 5.92 Å². The van der Waals surface area contributed by atoms with Crippen molar-refractivity contribution in [2.24, 2.45) is 5.92 Å². The minimum Gasteiger partial charge on any atom is -0.109 e. The van der Waals surface area contributed by atoms with E-state index < -0.39 is 0 Å². The fraction of sp³-hybridized carbons (Fsp3) is 1.00. The molecule has 0 heterocycles. The van der Waals surface area contributed by atoms with Gasteiger partial charge in [-0.3, -0.25) is 0 Å². The summed E-state index contributed by atoms with van der Waals surface area (Å²) in [5, 5.41) is 0.194. The summed E-state index contributed by atoms with van der Waals surface area (Å²) in [5.41, 5.74) is 0. The fourth-order valence-electron chi connectivity index (χ4n) is 0. The van der Waals surface area contributed by atoms with E-state index in [9.17, 15) is 0 Å². The molecule has 0 spiro atoms. The van der Waals surface area contributed by atoms with E-state index in [1.165, 1.54) is 6.42 Å². The van der Waals surface area contributed by atoms with Gasteiger partial charge in [0.1, 0.15) is 0 Å². The van der Waals surface area contributed by atoms with Crippen LogP contribution < -0.4 is 0 Å². The van der Waals surface area contributed by atoms with Gasteiger partial charge in [-0.2, -0.15) is 0 Å². The second-order valence-electron chi connectivity index (χ2n) is 1.90. The van der Waals surface area contributed by atoms with Crippen LogP contribution in [-0.2, 0) is 0 Å². The normalized spacial score (nSPS) is 8.25. The highest BCUT2D eigenvalue weighted by molar-refractivity contribution is 6.40. The fourth-order valence-corrected chi connectivity index (χ4v) is 0. The molecule has 0 nitrogen and oxygen atoms in total. The van der Waals surface area contributed by atoms with Crippen LogP contribution in [0, 0.1) is 5.92 Å². The topological polar surface area (TPSA) is 0 Å². The van der Waals surface area contributed by atoms with Crippen molar-refractivity contribution in [1.29, 1.82) is 0 Å². The number of rotatable bonds is 1. The van der Waals surface area contributed by atoms with Gasteiger partial charge in [0.25, 0.3) is 0 Å². The second-order valence-corrected chi connectivity index (χ2v) is 2.71. The maximum atomic E-state index is 4.76. The van der Waals surface area contributed by atoms with Crippen LogP contribution in [-0.4, -0.2) is 5.34 Å². The van der Waals surface area contributed by atoms with E-state index in [0.717, 1.165) is 5.92 Å². The van der Waals surface area contributed by atoms with Crippen LogP contribution in [0.1, 0.15) is 27.2 Å². The van der Waals surface area contributed by atoms with Gasteiger partial charge < -0.3 is 0 Å². The predicted octanol–water partition coefficient (Wildman–Crippen LogP) is 3.47. The Morgan fingerprint density at radius 2 is 1.38 bits per heavy atom. The molecule has 0 aromatic rings. The highest BCUT2D eigenvalue weighted by Crippen LogP contribution is 1.93. The maximum absolute atomic E-state index is 4.76. The third-order valence-electron chi connectivity index (χ3n) is 0.816. The Kier molecular flexibility index (Phi) is 15.0. The Morgan fingerprint density at radius 1 is 1.25 bits per heavy atom. The first-order valence-electron chi connectivity index (χ1n) is 2.80. The maximum Gasteiger partial charge on any atom is 0.0967 e. The molecule has 0 fully saturated rings. The van der Waals surface area contributed by atoms with Crippen molar-refractivity contribution in [2.75, 3.05) is 5.34 Å². The van der Waals surface area contributed by atoms with Crippen LogP contribution in [0.3, 0.4) is 0 Å². The summed E-state index contributed by atoms with van der Waals surface area (Å²) >= 11 is 9.53. The first-order valence-corrected chi connectivity index (χ1v) is 3.87. The van der Waals surface area contributed by atoms with Crippen LogP contribution in [0.15, 0.2) is 0 Å². The van der Waals surface area contributed by atoms with Gasteiger partial charge in [-0.15, -0.1) is 23.2 Å². The van der Waals surface area contributed by atoms with E-state index in [1.807, 2.05) is 0 Å². The van der Waals surface area contributed by atoms with Gasteiger partial charge in [0.05, 0.1) is 5.34 Å². The summed E-state index contributed by atoms with van der Waals surface area (Å²) in [6.07, 6.45) is 1.31. The number of hydrogen-bond donors (Lipinski definition) is 0. The third kappa shape index (κ3) is 30.8. The lowest BCUT2D eigenvalue weighted by Crippen LogP contribution is -1.77. The minimum atomic E-state index is 0.194. The molecule has 8 heavy (non-hydrogen) atoms. The molecule has 0 aliphatic heterocycles. The Balaban J connectivity index is 0. The zero-order chi connectivity index (χ0) is 6.99. The monoisotopic (exact) mass is 156 g/mol. The summed E-state index contributed by atoms with van der Waals surface area (Å²) in [6.45, 7) is 6.64. The summed E-state index contributed by atoms with van der Waals surface area (Å²) in [7, 11) is 0. The molecular weight excluding hydrogens is 143 g/mol. The zero-order valence-corrected chi connectivity index (χ0v) is 7.26. The van der Waals surface area contributed by atoms with Crippen molar-refractivity contribution in [1.82, 2.24) is 0 Å². The molecule has 0 unspecified atom stereocenters. The molecule has 0 aliphatic rings. The van der Waals surface area contributed by atoms with Gasteiger partial charge in [-0.25, -0.2) is 0 Å². The predicted molar refractivity (Wildman–Crippen MR) is 41.7 cm³/mol. The van der Waals surface area contributed by atoms with E-state index in [0.29, 0.717) is 0 Å². The Labute approximate surface area is 62.2 Å². The number of hydrogen-bond acceptors (Lipinski definition) is 0. The van der Waals surface area contributed by atoms with Crippen molar-refractivity contribution < 1.29 is 0 Å². The van der Waals surface area contributed by atoms with Crippen molar-refractivity contribution >= 4 is 23.2 Å². The quantitative estimate of drug-likeness (QED) is 0.511. The highest BCUT2D eigenvalue weighted by Gasteiger charge is 1.80. The van der Waals surface area contributed by atoms with Gasteiger partial charge in [0.2, 0.25) is 0 Å². The molecule has 0 aromatic heterocycles. The summed E-state index contributed by atoms with van der Waals surface area (Å²) in [5.74, 6) is 0.884.